The van der Waals surface area contributed by atoms with Crippen molar-refractivity contribution in [3.8, 4) is 5.75 Å². The molecule has 0 atom stereocenters. The normalized spacial score (nSPS) is 11.4. The van der Waals surface area contributed by atoms with Gasteiger partial charge in [0.2, 0.25) is 5.91 Å². The van der Waals surface area contributed by atoms with E-state index in [4.69, 9.17) is 9.84 Å². The van der Waals surface area contributed by atoms with Crippen molar-refractivity contribution in [2.24, 2.45) is 5.92 Å². The number of carbonyl (C=O) groups excluding carboxylic acids is 1. The minimum absolute atomic E-state index is 0.0683. The molecular formula is C23H27F2NO4. The van der Waals surface area contributed by atoms with Gasteiger partial charge in [-0.05, 0) is 23.6 Å². The number of amides is 1. The first-order chi connectivity index (χ1) is 14.2. The Bertz CT molecular complexity index is 823. The molecule has 0 bridgehead atoms. The van der Waals surface area contributed by atoms with Gasteiger partial charge in [0.1, 0.15) is 5.75 Å². The van der Waals surface area contributed by atoms with Gasteiger partial charge in [0.15, 0.2) is 6.61 Å². The fraction of sp³-hybridized carbons (Fsp3) is 0.391. The molecule has 0 heterocycles. The lowest BCUT2D eigenvalue weighted by atomic mass is 10.0. The zero-order valence-electron chi connectivity index (χ0n) is 17.2. The predicted molar refractivity (Wildman–Crippen MR) is 109 cm³/mol. The smallest absolute Gasteiger partial charge is 0.341 e. The second-order valence-corrected chi connectivity index (χ2v) is 7.56. The van der Waals surface area contributed by atoms with Gasteiger partial charge >= 0.3 is 5.97 Å². The van der Waals surface area contributed by atoms with Crippen LogP contribution >= 0.6 is 0 Å². The van der Waals surface area contributed by atoms with Gasteiger partial charge in [0.05, 0.1) is 0 Å². The highest BCUT2D eigenvalue weighted by atomic mass is 19.3. The summed E-state index contributed by atoms with van der Waals surface area (Å²) in [5.74, 6) is -3.80. The molecule has 0 aliphatic rings. The van der Waals surface area contributed by atoms with Crippen LogP contribution in [0, 0.1) is 5.92 Å². The zero-order valence-corrected chi connectivity index (χ0v) is 17.2. The Morgan fingerprint density at radius 2 is 1.70 bits per heavy atom. The second-order valence-electron chi connectivity index (χ2n) is 7.56. The molecule has 162 valence electrons. The molecule has 2 aromatic carbocycles. The highest BCUT2D eigenvalue weighted by molar-refractivity contribution is 5.76. The number of hydrogen-bond donors (Lipinski definition) is 1. The first kappa shape index (κ1) is 23.3. The number of nitrogens with zero attached hydrogens (tertiary/aromatic N) is 1. The SMILES string of the molecule is CC(C)CC(=O)N(CCC(F)(F)c1ccccc1)Cc1ccc(OCC(=O)O)cc1. The molecule has 30 heavy (non-hydrogen) atoms. The maximum absolute atomic E-state index is 14.6. The average molecular weight is 419 g/mol. The van der Waals surface area contributed by atoms with Gasteiger partial charge in [-0.25, -0.2) is 13.6 Å². The maximum atomic E-state index is 14.6. The fourth-order valence-corrected chi connectivity index (χ4v) is 2.93. The topological polar surface area (TPSA) is 66.8 Å². The molecule has 0 radical (unpaired) electrons. The number of alkyl halides is 2. The molecule has 0 aromatic heterocycles. The monoisotopic (exact) mass is 419 g/mol. The van der Waals surface area contributed by atoms with Crippen molar-refractivity contribution < 1.29 is 28.2 Å². The molecule has 1 N–H and O–H groups in total. The van der Waals surface area contributed by atoms with E-state index in [2.05, 4.69) is 0 Å². The number of hydrogen-bond acceptors (Lipinski definition) is 3. The van der Waals surface area contributed by atoms with Crippen molar-refractivity contribution in [1.82, 2.24) is 4.90 Å². The summed E-state index contributed by atoms with van der Waals surface area (Å²) in [5.41, 5.74) is 0.680. The van der Waals surface area contributed by atoms with Crippen molar-refractivity contribution in [2.75, 3.05) is 13.2 Å². The lowest BCUT2D eigenvalue weighted by Crippen LogP contribution is -2.34. The van der Waals surface area contributed by atoms with Gasteiger partial charge < -0.3 is 14.7 Å². The molecule has 5 nitrogen and oxygen atoms in total. The first-order valence-corrected chi connectivity index (χ1v) is 9.82. The van der Waals surface area contributed by atoms with Gasteiger partial charge in [-0.15, -0.1) is 0 Å². The number of carboxylic acids is 1. The van der Waals surface area contributed by atoms with E-state index in [0.717, 1.165) is 5.56 Å². The summed E-state index contributed by atoms with van der Waals surface area (Å²) in [6.07, 6.45) is -0.197. The number of halogens is 2. The predicted octanol–water partition coefficient (Wildman–Crippen LogP) is 4.71. The lowest BCUT2D eigenvalue weighted by Gasteiger charge is -2.26. The highest BCUT2D eigenvalue weighted by Crippen LogP contribution is 2.32. The minimum Gasteiger partial charge on any atom is -0.482 e. The summed E-state index contributed by atoms with van der Waals surface area (Å²) in [6, 6.07) is 14.2. The molecule has 2 rings (SSSR count). The number of ether oxygens (including phenoxy) is 1. The van der Waals surface area contributed by atoms with Crippen molar-refractivity contribution in [3.05, 3.63) is 65.7 Å². The standard InChI is InChI=1S/C23H27F2NO4/c1-17(2)14-21(27)26(13-12-23(24,25)19-6-4-3-5-7-19)15-18-8-10-20(11-9-18)30-16-22(28)29/h3-11,17H,12-16H2,1-2H3,(H,28,29). The largest absolute Gasteiger partial charge is 0.482 e. The van der Waals surface area contributed by atoms with Crippen LogP contribution in [0.1, 0.15) is 37.8 Å². The molecule has 2 aromatic rings. The van der Waals surface area contributed by atoms with Crippen LogP contribution in [0.15, 0.2) is 54.6 Å². The number of rotatable bonds is 11. The van der Waals surface area contributed by atoms with Gasteiger partial charge in [0.25, 0.3) is 5.92 Å². The quantitative estimate of drug-likeness (QED) is 0.573. The number of carboxylic acid groups (broad SMARTS) is 1. The van der Waals surface area contributed by atoms with E-state index >= 15 is 0 Å². The number of carbonyl (C=O) groups is 2. The molecule has 0 unspecified atom stereocenters. The average Bonchev–Trinajstić information content (AvgIpc) is 2.70. The summed E-state index contributed by atoms with van der Waals surface area (Å²) in [4.78, 5) is 24.7. The van der Waals surface area contributed by atoms with E-state index in [1.165, 1.54) is 17.0 Å². The van der Waals surface area contributed by atoms with E-state index in [0.29, 0.717) is 5.75 Å². The van der Waals surface area contributed by atoms with Crippen LogP contribution in [0.4, 0.5) is 8.78 Å². The Hall–Kier alpha value is -2.96. The van der Waals surface area contributed by atoms with Gasteiger partial charge in [-0.3, -0.25) is 4.79 Å². The molecule has 0 fully saturated rings. The molecule has 0 saturated heterocycles. The number of benzene rings is 2. The van der Waals surface area contributed by atoms with Gasteiger partial charge in [-0.1, -0.05) is 56.3 Å². The van der Waals surface area contributed by atoms with Crippen LogP contribution < -0.4 is 4.74 Å². The van der Waals surface area contributed by atoms with E-state index in [1.54, 1.807) is 42.5 Å². The molecule has 7 heteroatoms. The Kier molecular flexibility index (Phi) is 8.33. The van der Waals surface area contributed by atoms with Crippen molar-refractivity contribution in [3.63, 3.8) is 0 Å². The molecule has 1 amide bonds. The Balaban J connectivity index is 2.07. The van der Waals surface area contributed by atoms with E-state index in [-0.39, 0.29) is 36.9 Å². The van der Waals surface area contributed by atoms with Gasteiger partial charge in [0, 0.05) is 31.5 Å². The van der Waals surface area contributed by atoms with Crippen LogP contribution in [0.5, 0.6) is 5.75 Å². The highest BCUT2D eigenvalue weighted by Gasteiger charge is 2.32. The van der Waals surface area contributed by atoms with Crippen LogP contribution in [0.25, 0.3) is 0 Å². The summed E-state index contributed by atoms with van der Waals surface area (Å²) in [7, 11) is 0. The van der Waals surface area contributed by atoms with Crippen LogP contribution in [0.3, 0.4) is 0 Å². The summed E-state index contributed by atoms with van der Waals surface area (Å²) in [6.45, 7) is 3.47. The second kappa shape index (κ2) is 10.7. The van der Waals surface area contributed by atoms with E-state index in [1.807, 2.05) is 13.8 Å². The Labute approximate surface area is 175 Å². The third-order valence-electron chi connectivity index (χ3n) is 4.49. The molecule has 0 aliphatic carbocycles. The third-order valence-corrected chi connectivity index (χ3v) is 4.49. The van der Waals surface area contributed by atoms with Crippen LogP contribution in [-0.4, -0.2) is 35.0 Å². The summed E-state index contributed by atoms with van der Waals surface area (Å²) < 4.78 is 34.3. The number of aliphatic carboxylic acids is 1. The lowest BCUT2D eigenvalue weighted by molar-refractivity contribution is -0.139. The summed E-state index contributed by atoms with van der Waals surface area (Å²) in [5, 5.41) is 8.66. The van der Waals surface area contributed by atoms with Gasteiger partial charge in [-0.2, -0.15) is 0 Å². The minimum atomic E-state index is -3.04. The van der Waals surface area contributed by atoms with Crippen molar-refractivity contribution in [1.29, 1.82) is 0 Å². The molecule has 0 aliphatic heterocycles. The third kappa shape index (κ3) is 7.46. The Morgan fingerprint density at radius 3 is 2.27 bits per heavy atom. The van der Waals surface area contributed by atoms with Crippen molar-refractivity contribution in [2.45, 2.75) is 39.2 Å². The van der Waals surface area contributed by atoms with Crippen LogP contribution in [0.2, 0.25) is 0 Å². The fourth-order valence-electron chi connectivity index (χ4n) is 2.93. The molecule has 0 saturated carbocycles. The molecule has 0 spiro atoms. The van der Waals surface area contributed by atoms with E-state index < -0.39 is 24.9 Å². The Morgan fingerprint density at radius 1 is 1.07 bits per heavy atom. The van der Waals surface area contributed by atoms with Crippen LogP contribution in [-0.2, 0) is 22.1 Å². The zero-order chi connectivity index (χ0) is 22.1. The van der Waals surface area contributed by atoms with E-state index in [9.17, 15) is 18.4 Å². The first-order valence-electron chi connectivity index (χ1n) is 9.82. The molecular weight excluding hydrogens is 392 g/mol. The maximum Gasteiger partial charge on any atom is 0.341 e. The van der Waals surface area contributed by atoms with Crippen molar-refractivity contribution >= 4 is 11.9 Å². The summed E-state index contributed by atoms with van der Waals surface area (Å²) >= 11 is 0.